The van der Waals surface area contributed by atoms with Gasteiger partial charge in [-0.15, -0.1) is 0 Å². The van der Waals surface area contributed by atoms with Crippen LogP contribution >= 0.6 is 0 Å². The monoisotopic (exact) mass is 373 g/mol. The van der Waals surface area contributed by atoms with Gasteiger partial charge in [-0.1, -0.05) is 25.5 Å². The lowest BCUT2D eigenvalue weighted by molar-refractivity contribution is 0.161. The van der Waals surface area contributed by atoms with Crippen LogP contribution in [0.15, 0.2) is 29.3 Å². The molecule has 0 aliphatic carbocycles. The van der Waals surface area contributed by atoms with Crippen LogP contribution in [-0.4, -0.2) is 79.3 Å². The fourth-order valence-electron chi connectivity index (χ4n) is 4.19. The van der Waals surface area contributed by atoms with Gasteiger partial charge in [0.15, 0.2) is 5.96 Å². The molecule has 2 N–H and O–H groups in total. The molecule has 150 valence electrons. The highest BCUT2D eigenvalue weighted by Gasteiger charge is 2.23. The smallest absolute Gasteiger partial charge is 0.194 e. The van der Waals surface area contributed by atoms with Crippen molar-refractivity contribution in [3.05, 3.63) is 24.3 Å². The summed E-state index contributed by atoms with van der Waals surface area (Å²) < 4.78 is 0. The third-order valence-corrected chi connectivity index (χ3v) is 5.74. The van der Waals surface area contributed by atoms with Gasteiger partial charge >= 0.3 is 0 Å². The second kappa shape index (κ2) is 9.83. The summed E-state index contributed by atoms with van der Waals surface area (Å²) >= 11 is 0. The van der Waals surface area contributed by atoms with Crippen molar-refractivity contribution in [1.82, 2.24) is 15.1 Å². The second-order valence-corrected chi connectivity index (χ2v) is 7.44. The van der Waals surface area contributed by atoms with Gasteiger partial charge in [-0.3, -0.25) is 9.89 Å². The first-order valence-corrected chi connectivity index (χ1v) is 10.5. The van der Waals surface area contributed by atoms with Crippen LogP contribution in [0.25, 0.3) is 0 Å². The average molecular weight is 374 g/mol. The summed E-state index contributed by atoms with van der Waals surface area (Å²) in [6, 6.07) is 8.19. The number of anilines is 1. The molecular formula is C21H35N5O. The maximum Gasteiger partial charge on any atom is 0.194 e. The molecule has 0 bridgehead atoms. The highest BCUT2D eigenvalue weighted by atomic mass is 16.3. The van der Waals surface area contributed by atoms with Crippen molar-refractivity contribution in [3.8, 4) is 5.75 Å². The number of aliphatic imine (C=N–C) groups is 1. The van der Waals surface area contributed by atoms with E-state index in [1.165, 1.54) is 25.8 Å². The SMILES string of the molecule is CCNC(=NCC1CCCCN1CC)N1CCN(c2ccccc2O)CC1. The third-order valence-electron chi connectivity index (χ3n) is 5.74. The number of phenolic OH excluding ortho intramolecular Hbond substituents is 1. The van der Waals surface area contributed by atoms with Crippen molar-refractivity contribution >= 4 is 11.6 Å². The quantitative estimate of drug-likeness (QED) is 0.613. The van der Waals surface area contributed by atoms with Gasteiger partial charge in [0.2, 0.25) is 0 Å². The topological polar surface area (TPSA) is 54.3 Å². The van der Waals surface area contributed by atoms with Gasteiger partial charge < -0.3 is 20.2 Å². The van der Waals surface area contributed by atoms with Gasteiger partial charge in [0, 0.05) is 38.8 Å². The number of hydrogen-bond acceptors (Lipinski definition) is 4. The number of hydrogen-bond donors (Lipinski definition) is 2. The normalized spacial score (nSPS) is 22.1. The van der Waals surface area contributed by atoms with Gasteiger partial charge in [-0.25, -0.2) is 0 Å². The summed E-state index contributed by atoms with van der Waals surface area (Å²) in [5.41, 5.74) is 0.930. The summed E-state index contributed by atoms with van der Waals surface area (Å²) in [7, 11) is 0. The molecule has 1 unspecified atom stereocenters. The first-order chi connectivity index (χ1) is 13.2. The van der Waals surface area contributed by atoms with Gasteiger partial charge in [-0.05, 0) is 45.0 Å². The zero-order valence-electron chi connectivity index (χ0n) is 16.9. The lowest BCUT2D eigenvalue weighted by Gasteiger charge is -2.38. The van der Waals surface area contributed by atoms with E-state index in [9.17, 15) is 5.11 Å². The average Bonchev–Trinajstić information content (AvgIpc) is 2.72. The van der Waals surface area contributed by atoms with E-state index in [0.29, 0.717) is 11.8 Å². The predicted molar refractivity (Wildman–Crippen MR) is 113 cm³/mol. The van der Waals surface area contributed by atoms with Crippen molar-refractivity contribution in [1.29, 1.82) is 0 Å². The number of piperidine rings is 1. The van der Waals surface area contributed by atoms with Crippen LogP contribution in [0.5, 0.6) is 5.75 Å². The Bertz CT molecular complexity index is 612. The lowest BCUT2D eigenvalue weighted by atomic mass is 10.0. The van der Waals surface area contributed by atoms with E-state index in [1.54, 1.807) is 6.07 Å². The molecule has 2 fully saturated rings. The van der Waals surface area contributed by atoms with Crippen molar-refractivity contribution in [2.24, 2.45) is 4.99 Å². The Balaban J connectivity index is 1.60. The predicted octanol–water partition coefficient (Wildman–Crippen LogP) is 2.35. The minimum atomic E-state index is 0.364. The highest BCUT2D eigenvalue weighted by molar-refractivity contribution is 5.80. The van der Waals surface area contributed by atoms with Crippen LogP contribution in [0.4, 0.5) is 5.69 Å². The molecule has 0 spiro atoms. The molecule has 1 aromatic carbocycles. The van der Waals surface area contributed by atoms with E-state index in [2.05, 4.69) is 33.9 Å². The number of aromatic hydroxyl groups is 1. The minimum Gasteiger partial charge on any atom is -0.506 e. The Labute approximate surface area is 163 Å². The molecule has 2 aliphatic rings. The molecule has 0 saturated carbocycles. The third kappa shape index (κ3) is 5.06. The molecule has 6 heteroatoms. The number of benzene rings is 1. The molecular weight excluding hydrogens is 338 g/mol. The van der Waals surface area contributed by atoms with Crippen molar-refractivity contribution in [2.45, 2.75) is 39.2 Å². The van der Waals surface area contributed by atoms with Gasteiger partial charge in [0.05, 0.1) is 12.2 Å². The standard InChI is InChI=1S/C21H35N5O/c1-3-22-21(23-17-18-9-7-8-12-24(18)4-2)26-15-13-25(14-16-26)19-10-5-6-11-20(19)27/h5-6,10-11,18,27H,3-4,7-9,12-17H2,1-2H3,(H,22,23). The second-order valence-electron chi connectivity index (χ2n) is 7.44. The Kier molecular flexibility index (Phi) is 7.21. The number of likely N-dealkylation sites (tertiary alicyclic amines) is 1. The number of phenols is 1. The van der Waals surface area contributed by atoms with Crippen LogP contribution in [0.1, 0.15) is 33.1 Å². The van der Waals surface area contributed by atoms with E-state index >= 15 is 0 Å². The van der Waals surface area contributed by atoms with Crippen molar-refractivity contribution < 1.29 is 5.11 Å². The number of nitrogens with zero attached hydrogens (tertiary/aromatic N) is 4. The molecule has 0 radical (unpaired) electrons. The molecule has 2 saturated heterocycles. The summed E-state index contributed by atoms with van der Waals surface area (Å²) in [4.78, 5) is 12.2. The number of rotatable bonds is 5. The summed E-state index contributed by atoms with van der Waals surface area (Å²) in [6.07, 6.45) is 3.91. The summed E-state index contributed by atoms with van der Waals surface area (Å²) in [5.74, 6) is 1.40. The molecule has 0 aromatic heterocycles. The zero-order valence-corrected chi connectivity index (χ0v) is 16.9. The van der Waals surface area contributed by atoms with E-state index < -0.39 is 0 Å². The minimum absolute atomic E-state index is 0.364. The first kappa shape index (κ1) is 19.8. The molecule has 0 amide bonds. The van der Waals surface area contributed by atoms with Crippen LogP contribution < -0.4 is 10.2 Å². The molecule has 1 atom stereocenters. The van der Waals surface area contributed by atoms with Gasteiger partial charge in [0.25, 0.3) is 0 Å². The van der Waals surface area contributed by atoms with Crippen LogP contribution in [0, 0.1) is 0 Å². The van der Waals surface area contributed by atoms with E-state index in [1.807, 2.05) is 18.2 Å². The largest absolute Gasteiger partial charge is 0.506 e. The number of guanidine groups is 1. The Morgan fingerprint density at radius 2 is 1.89 bits per heavy atom. The Morgan fingerprint density at radius 3 is 2.59 bits per heavy atom. The number of nitrogens with one attached hydrogen (secondary N) is 1. The molecule has 2 aliphatic heterocycles. The van der Waals surface area contributed by atoms with Gasteiger partial charge in [0.1, 0.15) is 5.75 Å². The van der Waals surface area contributed by atoms with Crippen LogP contribution in [0.2, 0.25) is 0 Å². The number of likely N-dealkylation sites (N-methyl/N-ethyl adjacent to an activating group) is 1. The molecule has 3 rings (SSSR count). The molecule has 27 heavy (non-hydrogen) atoms. The summed E-state index contributed by atoms with van der Waals surface area (Å²) in [6.45, 7) is 12.1. The van der Waals surface area contributed by atoms with Crippen molar-refractivity contribution in [2.75, 3.05) is 57.3 Å². The first-order valence-electron chi connectivity index (χ1n) is 10.5. The molecule has 6 nitrogen and oxygen atoms in total. The maximum atomic E-state index is 10.1. The summed E-state index contributed by atoms with van der Waals surface area (Å²) in [5, 5.41) is 13.6. The van der Waals surface area contributed by atoms with Crippen LogP contribution in [-0.2, 0) is 0 Å². The number of para-hydroxylation sites is 2. The zero-order chi connectivity index (χ0) is 19.1. The van der Waals surface area contributed by atoms with Gasteiger partial charge in [-0.2, -0.15) is 0 Å². The lowest BCUT2D eigenvalue weighted by Crippen LogP contribution is -2.53. The van der Waals surface area contributed by atoms with E-state index in [4.69, 9.17) is 4.99 Å². The van der Waals surface area contributed by atoms with Crippen LogP contribution in [0.3, 0.4) is 0 Å². The fourth-order valence-corrected chi connectivity index (χ4v) is 4.19. The van der Waals surface area contributed by atoms with E-state index in [0.717, 1.165) is 57.5 Å². The number of piperazine rings is 1. The van der Waals surface area contributed by atoms with E-state index in [-0.39, 0.29) is 0 Å². The Hall–Kier alpha value is -1.95. The Morgan fingerprint density at radius 1 is 1.11 bits per heavy atom. The molecule has 2 heterocycles. The fraction of sp³-hybridized carbons (Fsp3) is 0.667. The van der Waals surface area contributed by atoms with Crippen molar-refractivity contribution in [3.63, 3.8) is 0 Å². The maximum absolute atomic E-state index is 10.1. The highest BCUT2D eigenvalue weighted by Crippen LogP contribution is 2.27. The molecule has 1 aromatic rings.